The van der Waals surface area contributed by atoms with Gasteiger partial charge in [0.15, 0.2) is 0 Å². The van der Waals surface area contributed by atoms with Crippen LogP contribution >= 0.6 is 0 Å². The second-order valence-electron chi connectivity index (χ2n) is 9.70. The normalized spacial score (nSPS) is 16.6. The molecule has 0 aliphatic carbocycles. The van der Waals surface area contributed by atoms with Gasteiger partial charge in [-0.2, -0.15) is 13.5 Å². The van der Waals surface area contributed by atoms with Crippen molar-refractivity contribution < 1.29 is 13.2 Å². The van der Waals surface area contributed by atoms with Crippen LogP contribution in [-0.2, 0) is 28.5 Å². The van der Waals surface area contributed by atoms with Gasteiger partial charge >= 0.3 is 39.8 Å². The van der Waals surface area contributed by atoms with Gasteiger partial charge in [0.1, 0.15) is 0 Å². The fourth-order valence-electron chi connectivity index (χ4n) is 4.22. The Labute approximate surface area is 226 Å². The van der Waals surface area contributed by atoms with E-state index in [2.05, 4.69) is 48.5 Å². The number of carbonyl (C=O) groups excluding carboxylic acids is 1. The fraction of sp³-hybridized carbons (Fsp3) is 0.583. The topological polar surface area (TPSA) is 87.5 Å². The van der Waals surface area contributed by atoms with Crippen LogP contribution in [0.5, 0.6) is 0 Å². The summed E-state index contributed by atoms with van der Waals surface area (Å²) in [6.07, 6.45) is 5.11. The molecule has 1 atom stereocenters. The quantitative estimate of drug-likeness (QED) is 0.536. The van der Waals surface area contributed by atoms with E-state index in [-0.39, 0.29) is 48.6 Å². The van der Waals surface area contributed by atoms with Crippen molar-refractivity contribution in [1.29, 1.82) is 0 Å². The molecule has 1 saturated heterocycles. The Morgan fingerprint density at radius 1 is 1.15 bits per heavy atom. The molecule has 0 saturated carbocycles. The van der Waals surface area contributed by atoms with Crippen LogP contribution in [-0.4, -0.2) is 84.7 Å². The molecule has 1 N–H and O–H groups in total. The van der Waals surface area contributed by atoms with Gasteiger partial charge in [0.25, 0.3) is 0 Å². The van der Waals surface area contributed by atoms with E-state index in [0.29, 0.717) is 17.5 Å². The Bertz CT molecular complexity index is 1060. The molecule has 1 aliphatic heterocycles. The third kappa shape index (κ3) is 7.31. The fourth-order valence-corrected chi connectivity index (χ4v) is 5.43. The second kappa shape index (κ2) is 12.0. The number of carbonyl (C=O) groups is 1. The molecule has 0 radical (unpaired) electrons. The zero-order valence-corrected chi connectivity index (χ0v) is 21.4. The van der Waals surface area contributed by atoms with Crippen molar-refractivity contribution in [2.75, 3.05) is 24.4 Å². The first kappa shape index (κ1) is 28.8. The molecule has 1 amide bonds. The minimum absolute atomic E-state index is 0. The number of amides is 1. The van der Waals surface area contributed by atoms with E-state index in [1.807, 2.05) is 19.2 Å². The first-order valence-electron chi connectivity index (χ1n) is 11.6. The third-order valence-corrected chi connectivity index (χ3v) is 7.72. The summed E-state index contributed by atoms with van der Waals surface area (Å²) in [4.78, 5) is 15.0. The summed E-state index contributed by atoms with van der Waals surface area (Å²) < 4.78 is 31.8. The van der Waals surface area contributed by atoms with Crippen LogP contribution in [0.3, 0.4) is 0 Å². The Morgan fingerprint density at radius 3 is 2.24 bits per heavy atom. The molecule has 1 fully saturated rings. The van der Waals surface area contributed by atoms with Crippen LogP contribution in [0.15, 0.2) is 30.6 Å². The molecule has 184 valence electrons. The van der Waals surface area contributed by atoms with Gasteiger partial charge in [0, 0.05) is 19.3 Å². The molecule has 8 nitrogen and oxygen atoms in total. The molecule has 0 bridgehead atoms. The monoisotopic (exact) mass is 499 g/mol. The number of nitrogens with one attached hydrogen (secondary N) is 1. The molecule has 10 heteroatoms. The van der Waals surface area contributed by atoms with E-state index in [4.69, 9.17) is 0 Å². The van der Waals surface area contributed by atoms with Gasteiger partial charge < -0.3 is 4.90 Å². The second-order valence-corrected chi connectivity index (χ2v) is 11.3. The summed E-state index contributed by atoms with van der Waals surface area (Å²) in [7, 11) is -0.354. The summed E-state index contributed by atoms with van der Waals surface area (Å²) in [6.45, 7) is 9.64. The van der Waals surface area contributed by atoms with Gasteiger partial charge in [0.05, 0.1) is 24.8 Å². The molecule has 0 unspecified atom stereocenters. The Morgan fingerprint density at radius 2 is 1.76 bits per heavy atom. The molecular formula is C24H38N5NaO3S. The van der Waals surface area contributed by atoms with Gasteiger partial charge in [0.2, 0.25) is 5.91 Å². The van der Waals surface area contributed by atoms with Gasteiger partial charge in [-0.05, 0) is 55.0 Å². The molecule has 3 rings (SSSR count). The number of aryl methyl sites for hydroxylation is 1. The van der Waals surface area contributed by atoms with Crippen LogP contribution in [0.4, 0.5) is 5.69 Å². The first-order chi connectivity index (χ1) is 15.5. The number of hydrogen-bond donors (Lipinski definition) is 1. The maximum atomic E-state index is 13.3. The van der Waals surface area contributed by atoms with Crippen molar-refractivity contribution in [3.63, 3.8) is 0 Å². The number of benzene rings is 1. The summed E-state index contributed by atoms with van der Waals surface area (Å²) >= 11 is 0. The average molecular weight is 500 g/mol. The zero-order valence-electron chi connectivity index (χ0n) is 20.6. The van der Waals surface area contributed by atoms with Crippen LogP contribution in [0, 0.1) is 0 Å². The van der Waals surface area contributed by atoms with Crippen molar-refractivity contribution in [3.8, 4) is 0 Å². The van der Waals surface area contributed by atoms with Crippen LogP contribution < -0.4 is 9.03 Å². The Balaban J connectivity index is 0.00000408. The summed E-state index contributed by atoms with van der Waals surface area (Å²) in [5.41, 5.74) is 3.56. The van der Waals surface area contributed by atoms with E-state index < -0.39 is 16.1 Å². The summed E-state index contributed by atoms with van der Waals surface area (Å²) in [5, 5.41) is 4.13. The first-order valence-corrected chi connectivity index (χ1v) is 13.1. The molecule has 34 heavy (non-hydrogen) atoms. The standard InChI is InChI=1S/C24H37N5O3S.Na.H/c1-17(2)20-10-19(11-21(13-20)18(3)4)12-24(30)26-33(31,32)29(23-14-25-28(6)15-23)16-22-8-7-9-27(22)5;;/h10-11,13-15,17-18,22H,7-9,12,16H2,1-6H3,(H,26,30);;/t22-;;/m0../s1. The predicted octanol–water partition coefficient (Wildman–Crippen LogP) is 2.52. The number of nitrogens with zero attached hydrogens (tertiary/aromatic N) is 4. The molecule has 1 aromatic heterocycles. The number of rotatable bonds is 9. The van der Waals surface area contributed by atoms with Gasteiger partial charge in [-0.15, -0.1) is 0 Å². The Kier molecular flexibility index (Phi) is 10.2. The van der Waals surface area contributed by atoms with Crippen LogP contribution in [0.2, 0.25) is 0 Å². The zero-order chi connectivity index (χ0) is 24.3. The molecule has 2 aromatic rings. The number of anilines is 1. The number of aromatic nitrogens is 2. The number of hydrogen-bond acceptors (Lipinski definition) is 5. The van der Waals surface area contributed by atoms with Crippen molar-refractivity contribution in [2.45, 2.75) is 64.8 Å². The average Bonchev–Trinajstić information content (AvgIpc) is 3.32. The predicted molar refractivity (Wildman–Crippen MR) is 139 cm³/mol. The van der Waals surface area contributed by atoms with Gasteiger partial charge in [-0.25, -0.2) is 9.03 Å². The molecule has 2 heterocycles. The van der Waals surface area contributed by atoms with E-state index in [1.54, 1.807) is 17.9 Å². The molecule has 0 spiro atoms. The third-order valence-electron chi connectivity index (χ3n) is 6.30. The van der Waals surface area contributed by atoms with Crippen molar-refractivity contribution in [2.24, 2.45) is 7.05 Å². The van der Waals surface area contributed by atoms with E-state index in [1.165, 1.54) is 10.5 Å². The van der Waals surface area contributed by atoms with Crippen LogP contribution in [0.1, 0.15) is 69.1 Å². The minimum atomic E-state index is -4.09. The van der Waals surface area contributed by atoms with Crippen LogP contribution in [0.25, 0.3) is 0 Å². The van der Waals surface area contributed by atoms with E-state index in [0.717, 1.165) is 36.1 Å². The van der Waals surface area contributed by atoms with Gasteiger partial charge in [-0.1, -0.05) is 45.9 Å². The summed E-state index contributed by atoms with van der Waals surface area (Å²) in [5.74, 6) is 0.0942. The molecule has 1 aromatic carbocycles. The van der Waals surface area contributed by atoms with E-state index >= 15 is 0 Å². The Hall–Kier alpha value is -1.39. The number of likely N-dealkylation sites (tertiary alicyclic amines) is 1. The van der Waals surface area contributed by atoms with Crippen molar-refractivity contribution >= 4 is 51.4 Å². The van der Waals surface area contributed by atoms with Crippen molar-refractivity contribution in [3.05, 3.63) is 47.3 Å². The SMILES string of the molecule is CC(C)c1cc(CC(=O)NS(=O)(=O)N(C[C@@H]2CCCN2C)c2cnn(C)c2)cc(C(C)C)c1.[NaH]. The summed E-state index contributed by atoms with van der Waals surface area (Å²) in [6, 6.07) is 6.24. The number of likely N-dealkylation sites (N-methyl/N-ethyl adjacent to an activating group) is 1. The van der Waals surface area contributed by atoms with E-state index in [9.17, 15) is 13.2 Å². The van der Waals surface area contributed by atoms with Gasteiger partial charge in [-0.3, -0.25) is 9.48 Å². The molecular weight excluding hydrogens is 461 g/mol. The molecule has 1 aliphatic rings. The van der Waals surface area contributed by atoms with Crippen molar-refractivity contribution in [1.82, 2.24) is 19.4 Å². The maximum absolute atomic E-state index is 13.3.